The average molecular weight is 577 g/mol. The molecule has 204 valence electrons. The van der Waals surface area contributed by atoms with Crippen LogP contribution in [0.3, 0.4) is 0 Å². The molecule has 0 spiro atoms. The molecule has 0 radical (unpaired) electrons. The van der Waals surface area contributed by atoms with Crippen molar-refractivity contribution in [2.24, 2.45) is 0 Å². The van der Waals surface area contributed by atoms with E-state index in [4.69, 9.17) is 4.42 Å². The second kappa shape index (κ2) is 9.09. The third-order valence-corrected chi connectivity index (χ3v) is 10.4. The van der Waals surface area contributed by atoms with Gasteiger partial charge in [-0.05, 0) is 84.6 Å². The molecule has 1 nitrogen and oxygen atoms in total. The minimum Gasteiger partial charge on any atom is -0.456 e. The van der Waals surface area contributed by atoms with Crippen LogP contribution in [-0.2, 0) is 0 Å². The fourth-order valence-corrected chi connectivity index (χ4v) is 8.53. The molecular formula is C42H24OS. The number of furan rings is 1. The summed E-state index contributed by atoms with van der Waals surface area (Å²) >= 11 is 1.88. The molecule has 10 rings (SSSR count). The van der Waals surface area contributed by atoms with Gasteiger partial charge >= 0.3 is 0 Å². The summed E-state index contributed by atoms with van der Waals surface area (Å²) < 4.78 is 6.44. The first-order valence-corrected chi connectivity index (χ1v) is 15.8. The van der Waals surface area contributed by atoms with Crippen LogP contribution in [0.4, 0.5) is 0 Å². The van der Waals surface area contributed by atoms with E-state index < -0.39 is 0 Å². The second-order valence-electron chi connectivity index (χ2n) is 11.6. The van der Waals surface area contributed by atoms with Crippen LogP contribution >= 0.6 is 11.8 Å². The molecule has 0 fully saturated rings. The van der Waals surface area contributed by atoms with Crippen molar-refractivity contribution in [1.82, 2.24) is 0 Å². The van der Waals surface area contributed by atoms with Gasteiger partial charge in [-0.25, -0.2) is 0 Å². The molecule has 0 saturated carbocycles. The highest BCUT2D eigenvalue weighted by molar-refractivity contribution is 7.99. The lowest BCUT2D eigenvalue weighted by molar-refractivity contribution is 0.669. The fourth-order valence-electron chi connectivity index (χ4n) is 7.40. The third-order valence-electron chi connectivity index (χ3n) is 9.29. The number of rotatable bonds is 2. The van der Waals surface area contributed by atoms with Crippen LogP contribution in [0.15, 0.2) is 160 Å². The van der Waals surface area contributed by atoms with E-state index >= 15 is 0 Å². The molecule has 0 saturated heterocycles. The van der Waals surface area contributed by atoms with Gasteiger partial charge in [0.2, 0.25) is 0 Å². The maximum Gasteiger partial charge on any atom is 0.136 e. The van der Waals surface area contributed by atoms with E-state index in [-0.39, 0.29) is 0 Å². The van der Waals surface area contributed by atoms with E-state index in [0.29, 0.717) is 0 Å². The lowest BCUT2D eigenvalue weighted by Crippen LogP contribution is -1.94. The van der Waals surface area contributed by atoms with E-state index in [9.17, 15) is 0 Å². The number of hydrogen-bond donors (Lipinski definition) is 0. The minimum absolute atomic E-state index is 0.920. The summed E-state index contributed by atoms with van der Waals surface area (Å²) in [7, 11) is 0. The van der Waals surface area contributed by atoms with Crippen molar-refractivity contribution in [3.63, 3.8) is 0 Å². The highest BCUT2D eigenvalue weighted by Crippen LogP contribution is 2.50. The number of hydrogen-bond acceptors (Lipinski definition) is 2. The van der Waals surface area contributed by atoms with Crippen LogP contribution < -0.4 is 0 Å². The van der Waals surface area contributed by atoms with Crippen LogP contribution in [-0.4, -0.2) is 0 Å². The Bertz CT molecular complexity index is 2640. The topological polar surface area (TPSA) is 13.1 Å². The molecule has 1 aliphatic heterocycles. The monoisotopic (exact) mass is 576 g/mol. The SMILES string of the molecule is c1ccc2c(c1)Sc1ccc(-c3ccc(-c4cccc5oc6ccc7ccccc7c6c45)c4ccccc34)c3cccc-2c13. The zero-order valence-electron chi connectivity index (χ0n) is 23.7. The first-order chi connectivity index (χ1) is 21.8. The van der Waals surface area contributed by atoms with Crippen molar-refractivity contribution in [2.75, 3.05) is 0 Å². The van der Waals surface area contributed by atoms with Crippen molar-refractivity contribution in [3.05, 3.63) is 146 Å². The smallest absolute Gasteiger partial charge is 0.136 e. The van der Waals surface area contributed by atoms with Gasteiger partial charge in [0.05, 0.1) is 0 Å². The predicted octanol–water partition coefficient (Wildman–Crippen LogP) is 12.5. The molecule has 0 N–H and O–H groups in total. The molecule has 2 heteroatoms. The Hall–Kier alpha value is -5.31. The summed E-state index contributed by atoms with van der Waals surface area (Å²) in [5.41, 5.74) is 9.43. The Morgan fingerprint density at radius 3 is 1.77 bits per heavy atom. The highest BCUT2D eigenvalue weighted by atomic mass is 32.2. The summed E-state index contributed by atoms with van der Waals surface area (Å²) in [6.07, 6.45) is 0. The predicted molar refractivity (Wildman–Crippen MR) is 187 cm³/mol. The molecule has 0 aliphatic carbocycles. The molecule has 0 atom stereocenters. The molecule has 0 amide bonds. The van der Waals surface area contributed by atoms with E-state index in [2.05, 4.69) is 146 Å². The Balaban J connectivity index is 1.25. The van der Waals surface area contributed by atoms with Gasteiger partial charge in [-0.15, -0.1) is 0 Å². The van der Waals surface area contributed by atoms with Gasteiger partial charge in [0.15, 0.2) is 0 Å². The first kappa shape index (κ1) is 24.2. The summed E-state index contributed by atoms with van der Waals surface area (Å²) in [5.74, 6) is 0. The van der Waals surface area contributed by atoms with Crippen molar-refractivity contribution >= 4 is 66.0 Å². The number of fused-ring (bicyclic) bond motifs is 8. The lowest BCUT2D eigenvalue weighted by atomic mass is 9.87. The highest BCUT2D eigenvalue weighted by Gasteiger charge is 2.22. The molecule has 0 unspecified atom stereocenters. The first-order valence-electron chi connectivity index (χ1n) is 15.0. The average Bonchev–Trinajstić information content (AvgIpc) is 3.48. The van der Waals surface area contributed by atoms with Crippen molar-refractivity contribution in [3.8, 4) is 33.4 Å². The van der Waals surface area contributed by atoms with Crippen LogP contribution in [0.2, 0.25) is 0 Å². The molecule has 44 heavy (non-hydrogen) atoms. The molecule has 0 bridgehead atoms. The van der Waals surface area contributed by atoms with Crippen LogP contribution in [0.5, 0.6) is 0 Å². The van der Waals surface area contributed by atoms with Gasteiger partial charge < -0.3 is 4.42 Å². The van der Waals surface area contributed by atoms with Gasteiger partial charge in [-0.2, -0.15) is 0 Å². The molecule has 9 aromatic rings. The molecule has 2 heterocycles. The lowest BCUT2D eigenvalue weighted by Gasteiger charge is -2.22. The maximum absolute atomic E-state index is 6.44. The normalized spacial score (nSPS) is 12.5. The fraction of sp³-hybridized carbons (Fsp3) is 0. The van der Waals surface area contributed by atoms with Crippen LogP contribution in [0, 0.1) is 0 Å². The van der Waals surface area contributed by atoms with Gasteiger partial charge in [0.25, 0.3) is 0 Å². The van der Waals surface area contributed by atoms with Crippen molar-refractivity contribution in [1.29, 1.82) is 0 Å². The van der Waals surface area contributed by atoms with Gasteiger partial charge in [-0.1, -0.05) is 133 Å². The summed E-state index contributed by atoms with van der Waals surface area (Å²) in [5, 5.41) is 9.95. The van der Waals surface area contributed by atoms with Crippen LogP contribution in [0.1, 0.15) is 0 Å². The van der Waals surface area contributed by atoms with Gasteiger partial charge in [-0.3, -0.25) is 0 Å². The van der Waals surface area contributed by atoms with E-state index in [1.807, 2.05) is 11.8 Å². The van der Waals surface area contributed by atoms with Crippen LogP contribution in [0.25, 0.3) is 87.6 Å². The largest absolute Gasteiger partial charge is 0.456 e. The molecule has 1 aliphatic rings. The van der Waals surface area contributed by atoms with Crippen molar-refractivity contribution in [2.45, 2.75) is 9.79 Å². The Morgan fingerprint density at radius 1 is 0.318 bits per heavy atom. The maximum atomic E-state index is 6.44. The van der Waals surface area contributed by atoms with E-state index in [1.165, 1.54) is 86.3 Å². The van der Waals surface area contributed by atoms with E-state index in [0.717, 1.165) is 11.2 Å². The third kappa shape index (κ3) is 3.32. The molecule has 8 aromatic carbocycles. The summed E-state index contributed by atoms with van der Waals surface area (Å²) in [6.45, 7) is 0. The zero-order valence-corrected chi connectivity index (χ0v) is 24.5. The molecule has 1 aromatic heterocycles. The Kier molecular flexibility index (Phi) is 5.00. The standard InChI is InChI=1S/C42H24OS/c1-2-10-26-25(9-1)19-23-37-41(26)42-34(16-8-17-36(42)43-37)30-21-20-29(27-11-3-4-12-28(27)30)31-22-24-39-40-33(31)14-7-15-35(40)32-13-5-6-18-38(32)44-39/h1-24H. The van der Waals surface area contributed by atoms with Gasteiger partial charge in [0.1, 0.15) is 11.2 Å². The minimum atomic E-state index is 0.920. The zero-order chi connectivity index (χ0) is 28.8. The van der Waals surface area contributed by atoms with Gasteiger partial charge in [0, 0.05) is 25.9 Å². The number of benzene rings is 8. The Morgan fingerprint density at radius 2 is 0.909 bits per heavy atom. The summed E-state index contributed by atoms with van der Waals surface area (Å²) in [6, 6.07) is 53.0. The van der Waals surface area contributed by atoms with E-state index in [1.54, 1.807) is 0 Å². The Labute approximate surface area is 258 Å². The molecular weight excluding hydrogens is 553 g/mol. The quantitative estimate of drug-likeness (QED) is 0.203. The van der Waals surface area contributed by atoms with Crippen molar-refractivity contribution < 1.29 is 4.42 Å². The second-order valence-corrected chi connectivity index (χ2v) is 12.7. The summed E-state index contributed by atoms with van der Waals surface area (Å²) in [4.78, 5) is 2.65.